The number of para-hydroxylation sites is 1. The van der Waals surface area contributed by atoms with E-state index in [0.29, 0.717) is 42.7 Å². The highest BCUT2D eigenvalue weighted by molar-refractivity contribution is 6.34. The Kier molecular flexibility index (Phi) is 5.72. The van der Waals surface area contributed by atoms with Crippen LogP contribution in [0.4, 0.5) is 17.1 Å². The molecule has 0 saturated carbocycles. The average molecular weight is 393 g/mol. The van der Waals surface area contributed by atoms with Crippen LogP contribution in [-0.2, 0) is 16.1 Å². The van der Waals surface area contributed by atoms with Gasteiger partial charge in [-0.05, 0) is 12.1 Å². The number of nitro groups is 1. The summed E-state index contributed by atoms with van der Waals surface area (Å²) < 4.78 is 6.33. The molecule has 9 nitrogen and oxygen atoms in total. The second-order valence-electron chi connectivity index (χ2n) is 5.89. The Hall–Kier alpha value is -2.91. The van der Waals surface area contributed by atoms with Crippen LogP contribution in [0.25, 0.3) is 0 Å². The molecule has 0 unspecified atom stereocenters. The predicted molar refractivity (Wildman–Crippen MR) is 100 cm³/mol. The van der Waals surface area contributed by atoms with E-state index in [1.54, 1.807) is 18.2 Å². The van der Waals surface area contributed by atoms with Gasteiger partial charge in [0.05, 0.1) is 40.7 Å². The summed E-state index contributed by atoms with van der Waals surface area (Å²) >= 11 is 6.32. The molecule has 0 spiro atoms. The molecule has 1 aromatic heterocycles. The lowest BCUT2D eigenvalue weighted by Gasteiger charge is -2.31. The van der Waals surface area contributed by atoms with Gasteiger partial charge in [-0.2, -0.15) is 0 Å². The van der Waals surface area contributed by atoms with Gasteiger partial charge in [0.2, 0.25) is 5.91 Å². The molecule has 1 fully saturated rings. The summed E-state index contributed by atoms with van der Waals surface area (Å²) in [6.45, 7) is 2.03. The van der Waals surface area contributed by atoms with Crippen molar-refractivity contribution in [3.8, 4) is 0 Å². The molecule has 3 rings (SSSR count). The lowest BCUT2D eigenvalue weighted by atomic mass is 10.2. The van der Waals surface area contributed by atoms with Crippen LogP contribution in [0.1, 0.15) is 0 Å². The van der Waals surface area contributed by atoms with Crippen LogP contribution in [0.2, 0.25) is 5.02 Å². The van der Waals surface area contributed by atoms with Crippen molar-refractivity contribution in [1.82, 2.24) is 4.57 Å². The first kappa shape index (κ1) is 18.9. The highest BCUT2D eigenvalue weighted by Crippen LogP contribution is 2.34. The smallest absolute Gasteiger partial charge is 0.285 e. The van der Waals surface area contributed by atoms with E-state index in [2.05, 4.69) is 5.32 Å². The van der Waals surface area contributed by atoms with Crippen LogP contribution in [0.3, 0.4) is 0 Å². The molecule has 0 aliphatic carbocycles. The first-order chi connectivity index (χ1) is 13.0. The monoisotopic (exact) mass is 392 g/mol. The summed E-state index contributed by atoms with van der Waals surface area (Å²) in [5.41, 5.74) is 0.421. The molecule has 0 atom stereocenters. The van der Waals surface area contributed by atoms with Gasteiger partial charge in [0.25, 0.3) is 11.2 Å². The van der Waals surface area contributed by atoms with Gasteiger partial charge >= 0.3 is 0 Å². The van der Waals surface area contributed by atoms with E-state index in [9.17, 15) is 19.7 Å². The zero-order chi connectivity index (χ0) is 19.4. The number of morpholine rings is 1. The van der Waals surface area contributed by atoms with Gasteiger partial charge in [0.1, 0.15) is 6.54 Å². The molecule has 27 heavy (non-hydrogen) atoms. The fourth-order valence-electron chi connectivity index (χ4n) is 2.82. The lowest BCUT2D eigenvalue weighted by Crippen LogP contribution is -2.37. The summed E-state index contributed by atoms with van der Waals surface area (Å²) in [6, 6.07) is 7.31. The van der Waals surface area contributed by atoms with Crippen molar-refractivity contribution in [1.29, 1.82) is 0 Å². The van der Waals surface area contributed by atoms with E-state index in [1.807, 2.05) is 4.90 Å². The molecular weight excluding hydrogens is 376 g/mol. The minimum Gasteiger partial charge on any atom is -0.378 e. The summed E-state index contributed by atoms with van der Waals surface area (Å²) in [6.07, 6.45) is 1.04. The van der Waals surface area contributed by atoms with E-state index in [0.717, 1.165) is 22.9 Å². The summed E-state index contributed by atoms with van der Waals surface area (Å²) in [5.74, 6) is -0.491. The molecule has 142 valence electrons. The van der Waals surface area contributed by atoms with E-state index >= 15 is 0 Å². The van der Waals surface area contributed by atoms with Crippen LogP contribution in [0.5, 0.6) is 0 Å². The Morgan fingerprint density at radius 3 is 2.70 bits per heavy atom. The molecule has 1 saturated heterocycles. The number of rotatable bonds is 5. The van der Waals surface area contributed by atoms with Crippen LogP contribution in [0.15, 0.2) is 41.3 Å². The van der Waals surface area contributed by atoms with Gasteiger partial charge in [-0.25, -0.2) is 0 Å². The first-order valence-corrected chi connectivity index (χ1v) is 8.59. The summed E-state index contributed by atoms with van der Waals surface area (Å²) in [5, 5.41) is 14.1. The molecule has 1 aliphatic rings. The predicted octanol–water partition coefficient (Wildman–Crippen LogP) is 1.89. The molecule has 1 N–H and O–H groups in total. The van der Waals surface area contributed by atoms with Crippen molar-refractivity contribution >= 4 is 34.6 Å². The summed E-state index contributed by atoms with van der Waals surface area (Å²) in [4.78, 5) is 36.6. The number of aromatic nitrogens is 1. The maximum atomic E-state index is 12.4. The van der Waals surface area contributed by atoms with E-state index in [-0.39, 0.29) is 12.2 Å². The van der Waals surface area contributed by atoms with E-state index in [1.165, 1.54) is 0 Å². The maximum absolute atomic E-state index is 12.4. The zero-order valence-corrected chi connectivity index (χ0v) is 15.0. The Labute approximate surface area is 159 Å². The largest absolute Gasteiger partial charge is 0.378 e. The van der Waals surface area contributed by atoms with Crippen molar-refractivity contribution in [2.45, 2.75) is 6.54 Å². The molecule has 0 radical (unpaired) electrons. The second-order valence-corrected chi connectivity index (χ2v) is 6.30. The Morgan fingerprint density at radius 2 is 2.00 bits per heavy atom. The van der Waals surface area contributed by atoms with Crippen molar-refractivity contribution in [3.63, 3.8) is 0 Å². The van der Waals surface area contributed by atoms with Gasteiger partial charge in [-0.1, -0.05) is 17.7 Å². The van der Waals surface area contributed by atoms with E-state index in [4.69, 9.17) is 16.3 Å². The highest BCUT2D eigenvalue weighted by atomic mass is 35.5. The minimum atomic E-state index is -0.624. The normalized spacial score (nSPS) is 14.0. The zero-order valence-electron chi connectivity index (χ0n) is 14.3. The fraction of sp³-hybridized carbons (Fsp3) is 0.294. The third-order valence-corrected chi connectivity index (χ3v) is 4.39. The quantitative estimate of drug-likeness (QED) is 0.615. The number of nitrogens with one attached hydrogen (secondary N) is 1. The maximum Gasteiger partial charge on any atom is 0.285 e. The number of nitrogens with zero attached hydrogens (tertiary/aromatic N) is 3. The lowest BCUT2D eigenvalue weighted by molar-refractivity contribution is -0.385. The molecule has 1 amide bonds. The number of benzene rings is 1. The number of hydrogen-bond acceptors (Lipinski definition) is 6. The Balaban J connectivity index is 1.81. The van der Waals surface area contributed by atoms with Crippen molar-refractivity contribution < 1.29 is 14.5 Å². The number of pyridine rings is 1. The fourth-order valence-corrected chi connectivity index (χ4v) is 3.11. The molecular formula is C17H17ClN4O5. The average Bonchev–Trinajstić information content (AvgIpc) is 2.64. The number of ether oxygens (including phenoxy) is 1. The van der Waals surface area contributed by atoms with Crippen LogP contribution < -0.4 is 15.8 Å². The van der Waals surface area contributed by atoms with E-state index < -0.39 is 16.4 Å². The standard InChI is InChI=1S/C17H17ClN4O5/c18-13-2-1-3-14(17(13)20-6-8-27-9-7-20)19-15(23)11-21-10-12(22(25)26)4-5-16(21)24/h1-5,10H,6-9,11H2,(H,19,23). The van der Waals surface area contributed by atoms with Gasteiger partial charge in [-0.3, -0.25) is 24.3 Å². The third kappa shape index (κ3) is 4.44. The number of hydrogen-bond donors (Lipinski definition) is 1. The number of carbonyl (C=O) groups is 1. The van der Waals surface area contributed by atoms with Gasteiger partial charge in [0, 0.05) is 25.2 Å². The molecule has 2 heterocycles. The Morgan fingerprint density at radius 1 is 1.26 bits per heavy atom. The van der Waals surface area contributed by atoms with Crippen LogP contribution in [-0.4, -0.2) is 41.7 Å². The van der Waals surface area contributed by atoms with Crippen molar-refractivity contribution in [2.75, 3.05) is 36.5 Å². The number of halogens is 1. The van der Waals surface area contributed by atoms with Gasteiger partial charge < -0.3 is 15.0 Å². The SMILES string of the molecule is O=C(Cn1cc([N+](=O)[O-])ccc1=O)Nc1cccc(Cl)c1N1CCOCC1. The van der Waals surface area contributed by atoms with Gasteiger partial charge in [-0.15, -0.1) is 0 Å². The van der Waals surface area contributed by atoms with Crippen molar-refractivity contribution in [2.24, 2.45) is 0 Å². The van der Waals surface area contributed by atoms with Gasteiger partial charge in [0.15, 0.2) is 0 Å². The number of carbonyl (C=O) groups excluding carboxylic acids is 1. The third-order valence-electron chi connectivity index (χ3n) is 4.08. The van der Waals surface area contributed by atoms with Crippen LogP contribution in [0, 0.1) is 10.1 Å². The minimum absolute atomic E-state index is 0.265. The molecule has 0 bridgehead atoms. The molecule has 2 aromatic rings. The second kappa shape index (κ2) is 8.19. The first-order valence-electron chi connectivity index (χ1n) is 8.21. The highest BCUT2D eigenvalue weighted by Gasteiger charge is 2.19. The number of anilines is 2. The molecule has 1 aliphatic heterocycles. The van der Waals surface area contributed by atoms with Crippen molar-refractivity contribution in [3.05, 3.63) is 62.0 Å². The topological polar surface area (TPSA) is 107 Å². The number of amides is 1. The summed E-state index contributed by atoms with van der Waals surface area (Å²) in [7, 11) is 0. The van der Waals surface area contributed by atoms with Crippen LogP contribution >= 0.6 is 11.6 Å². The molecule has 1 aromatic carbocycles. The molecule has 10 heteroatoms. The Bertz CT molecular complexity index is 924.